The van der Waals surface area contributed by atoms with Gasteiger partial charge < -0.3 is 19.1 Å². The molecule has 7 nitrogen and oxygen atoms in total. The lowest BCUT2D eigenvalue weighted by Gasteiger charge is -2.34. The summed E-state index contributed by atoms with van der Waals surface area (Å²) in [4.78, 5) is 21.7. The van der Waals surface area contributed by atoms with E-state index in [-0.39, 0.29) is 5.91 Å². The highest BCUT2D eigenvalue weighted by Gasteiger charge is 2.20. The van der Waals surface area contributed by atoms with Gasteiger partial charge in [-0.05, 0) is 78.4 Å². The first-order valence-corrected chi connectivity index (χ1v) is 18.3. The van der Waals surface area contributed by atoms with Gasteiger partial charge in [0.2, 0.25) is 11.8 Å². The van der Waals surface area contributed by atoms with E-state index in [9.17, 15) is 4.79 Å². The molecule has 9 heteroatoms. The average Bonchev–Trinajstić information content (AvgIpc) is 3.16. The Morgan fingerprint density at radius 1 is 0.808 bits per heavy atom. The molecule has 0 unspecified atom stereocenters. The van der Waals surface area contributed by atoms with Gasteiger partial charge in [0.05, 0.1) is 24.4 Å². The lowest BCUT2D eigenvalue weighted by molar-refractivity contribution is -0.127. The summed E-state index contributed by atoms with van der Waals surface area (Å²) in [5.41, 5.74) is 7.54. The molecule has 0 radical (unpaired) electrons. The monoisotopic (exact) mass is 735 g/mol. The maximum absolute atomic E-state index is 13.1. The Morgan fingerprint density at radius 3 is 2.25 bits per heavy atom. The number of halogens is 2. The molecule has 0 atom stereocenters. The first-order valence-electron chi connectivity index (χ1n) is 17.5. The van der Waals surface area contributed by atoms with Crippen LogP contribution in [0, 0.1) is 13.8 Å². The normalized spacial score (nSPS) is 13.4. The average molecular weight is 737 g/mol. The Labute approximate surface area is 316 Å². The molecule has 1 aliphatic rings. The van der Waals surface area contributed by atoms with Crippen LogP contribution in [0.2, 0.25) is 10.0 Å². The van der Waals surface area contributed by atoms with E-state index in [1.165, 1.54) is 22.3 Å². The lowest BCUT2D eigenvalue weighted by atomic mass is 10.1. The number of pyridine rings is 1. The van der Waals surface area contributed by atoms with Crippen LogP contribution in [0.1, 0.15) is 38.9 Å². The second kappa shape index (κ2) is 18.2. The number of ether oxygens (including phenoxy) is 3. The fraction of sp³-hybridized carbons (Fsp3) is 0.256. The van der Waals surface area contributed by atoms with E-state index in [4.69, 9.17) is 37.4 Å². The van der Waals surface area contributed by atoms with Crippen molar-refractivity contribution in [2.45, 2.75) is 40.0 Å². The molecule has 0 N–H and O–H groups in total. The smallest absolute Gasteiger partial charge is 0.246 e. The summed E-state index contributed by atoms with van der Waals surface area (Å²) >= 11 is 12.8. The number of piperazine rings is 1. The van der Waals surface area contributed by atoms with Crippen molar-refractivity contribution in [3.05, 3.63) is 158 Å². The van der Waals surface area contributed by atoms with Crippen molar-refractivity contribution in [1.29, 1.82) is 0 Å². The van der Waals surface area contributed by atoms with E-state index in [1.54, 1.807) is 36.5 Å². The molecule has 52 heavy (non-hydrogen) atoms. The highest BCUT2D eigenvalue weighted by molar-refractivity contribution is 6.32. The maximum Gasteiger partial charge on any atom is 0.246 e. The van der Waals surface area contributed by atoms with E-state index in [0.717, 1.165) is 42.7 Å². The first kappa shape index (κ1) is 37.1. The number of nitrogens with zero attached hydrogens (tertiary/aromatic N) is 3. The summed E-state index contributed by atoms with van der Waals surface area (Å²) in [6.45, 7) is 9.56. The number of carbonyl (C=O) groups is 1. The summed E-state index contributed by atoms with van der Waals surface area (Å²) in [5.74, 6) is 1.48. The van der Waals surface area contributed by atoms with Gasteiger partial charge in [-0.2, -0.15) is 0 Å². The highest BCUT2D eigenvalue weighted by atomic mass is 35.5. The standard InChI is InChI=1S/C43H43Cl2N3O4/c1-31-7-9-35(10-8-31)29-50-24-19-33-11-13-34(14-12-33)28-47-20-22-48(23-21-47)42(49)18-15-36-25-32(2)43(40(45)26-36)52-41-17-16-38(27-46-41)51-30-37-5-3-4-6-39(37)44/h3-18,25-27H,19-24,28-30H2,1-2H3/b18-15+. The van der Waals surface area contributed by atoms with Gasteiger partial charge in [0, 0.05) is 55.5 Å². The summed E-state index contributed by atoms with van der Waals surface area (Å²) in [6.07, 6.45) is 5.91. The fourth-order valence-electron chi connectivity index (χ4n) is 5.91. The third-order valence-corrected chi connectivity index (χ3v) is 9.63. The summed E-state index contributed by atoms with van der Waals surface area (Å²) in [7, 11) is 0. The van der Waals surface area contributed by atoms with E-state index in [0.29, 0.717) is 60.3 Å². The second-order valence-corrected chi connectivity index (χ2v) is 13.8. The van der Waals surface area contributed by atoms with Crippen LogP contribution in [0.5, 0.6) is 17.4 Å². The molecule has 6 rings (SSSR count). The van der Waals surface area contributed by atoms with Crippen LogP contribution >= 0.6 is 23.2 Å². The number of amides is 1. The molecule has 0 saturated carbocycles. The number of hydrogen-bond donors (Lipinski definition) is 0. The molecule has 5 aromatic rings. The molecule has 0 aliphatic carbocycles. The van der Waals surface area contributed by atoms with Gasteiger partial charge in [0.25, 0.3) is 0 Å². The van der Waals surface area contributed by atoms with Crippen LogP contribution in [0.25, 0.3) is 6.08 Å². The summed E-state index contributed by atoms with van der Waals surface area (Å²) in [5, 5.41) is 1.09. The predicted molar refractivity (Wildman–Crippen MR) is 208 cm³/mol. The van der Waals surface area contributed by atoms with Crippen molar-refractivity contribution >= 4 is 35.2 Å². The van der Waals surface area contributed by atoms with E-state index < -0.39 is 0 Å². The van der Waals surface area contributed by atoms with E-state index in [1.807, 2.05) is 42.2 Å². The lowest BCUT2D eigenvalue weighted by Crippen LogP contribution is -2.47. The zero-order chi connectivity index (χ0) is 36.3. The Bertz CT molecular complexity index is 1930. The predicted octanol–water partition coefficient (Wildman–Crippen LogP) is 9.49. The van der Waals surface area contributed by atoms with Crippen LogP contribution < -0.4 is 9.47 Å². The van der Waals surface area contributed by atoms with Crippen molar-refractivity contribution in [3.8, 4) is 17.4 Å². The van der Waals surface area contributed by atoms with Gasteiger partial charge in [0.1, 0.15) is 12.4 Å². The van der Waals surface area contributed by atoms with Gasteiger partial charge >= 0.3 is 0 Å². The first-order chi connectivity index (χ1) is 25.3. The Kier molecular flexibility index (Phi) is 13.0. The third-order valence-electron chi connectivity index (χ3n) is 8.98. The molecule has 1 aliphatic heterocycles. The second-order valence-electron chi connectivity index (χ2n) is 13.0. The Morgan fingerprint density at radius 2 is 1.54 bits per heavy atom. The number of rotatable bonds is 14. The molecular formula is C43H43Cl2N3O4. The number of aromatic nitrogens is 1. The largest absolute Gasteiger partial charge is 0.487 e. The number of aryl methyl sites for hydroxylation is 2. The van der Waals surface area contributed by atoms with Crippen LogP contribution in [-0.2, 0) is 35.7 Å². The number of benzene rings is 4. The Hall–Kier alpha value is -4.66. The summed E-state index contributed by atoms with van der Waals surface area (Å²) < 4.78 is 17.7. The van der Waals surface area contributed by atoms with Crippen LogP contribution in [0.4, 0.5) is 0 Å². The van der Waals surface area contributed by atoms with Gasteiger partial charge in [0.15, 0.2) is 5.75 Å². The van der Waals surface area contributed by atoms with Gasteiger partial charge in [-0.1, -0.05) is 95.5 Å². The molecule has 1 amide bonds. The molecule has 0 bridgehead atoms. The molecule has 1 aromatic heterocycles. The van der Waals surface area contributed by atoms with Crippen molar-refractivity contribution in [2.75, 3.05) is 32.8 Å². The molecule has 1 fully saturated rings. The number of hydrogen-bond acceptors (Lipinski definition) is 6. The van der Waals surface area contributed by atoms with Crippen molar-refractivity contribution in [2.24, 2.45) is 0 Å². The minimum atomic E-state index is -0.0104. The van der Waals surface area contributed by atoms with Crippen LogP contribution in [0.3, 0.4) is 0 Å². The minimum Gasteiger partial charge on any atom is -0.487 e. The third kappa shape index (κ3) is 10.7. The van der Waals surface area contributed by atoms with Gasteiger partial charge in [-0.15, -0.1) is 0 Å². The van der Waals surface area contributed by atoms with Crippen molar-refractivity contribution < 1.29 is 19.0 Å². The van der Waals surface area contributed by atoms with Crippen molar-refractivity contribution in [3.63, 3.8) is 0 Å². The minimum absolute atomic E-state index is 0.0104. The zero-order valence-electron chi connectivity index (χ0n) is 29.6. The van der Waals surface area contributed by atoms with E-state index >= 15 is 0 Å². The maximum atomic E-state index is 13.1. The van der Waals surface area contributed by atoms with E-state index in [2.05, 4.69) is 65.3 Å². The van der Waals surface area contributed by atoms with Crippen LogP contribution in [-0.4, -0.2) is 53.5 Å². The highest BCUT2D eigenvalue weighted by Crippen LogP contribution is 2.34. The van der Waals surface area contributed by atoms with Gasteiger partial charge in [-0.3, -0.25) is 9.69 Å². The molecule has 0 spiro atoms. The molecule has 268 valence electrons. The van der Waals surface area contributed by atoms with Crippen LogP contribution in [0.15, 0.2) is 109 Å². The molecule has 1 saturated heterocycles. The molecule has 2 heterocycles. The zero-order valence-corrected chi connectivity index (χ0v) is 31.1. The molecular weight excluding hydrogens is 693 g/mol. The molecule has 4 aromatic carbocycles. The van der Waals surface area contributed by atoms with Gasteiger partial charge in [-0.25, -0.2) is 4.98 Å². The number of carbonyl (C=O) groups excluding carboxylic acids is 1. The summed E-state index contributed by atoms with van der Waals surface area (Å²) in [6, 6.07) is 32.0. The fourth-order valence-corrected chi connectivity index (χ4v) is 6.41. The topological polar surface area (TPSA) is 64.1 Å². The SMILES string of the molecule is Cc1ccc(COCCc2ccc(CN3CCN(C(=O)/C=C/c4cc(C)c(Oc5ccc(OCc6ccccc6Cl)cn5)c(Cl)c4)CC3)cc2)cc1. The van der Waals surface area contributed by atoms with Crippen molar-refractivity contribution in [1.82, 2.24) is 14.8 Å². The quantitative estimate of drug-likeness (QED) is 0.0837. The Balaban J connectivity index is 0.921.